The van der Waals surface area contributed by atoms with Crippen molar-refractivity contribution in [3.05, 3.63) is 0 Å². The molecule has 20 heavy (non-hydrogen) atoms. The Morgan fingerprint density at radius 2 is 1.95 bits per heavy atom. The largest absolute Gasteiger partial charge is 0.377 e. The Kier molecular flexibility index (Phi) is 5.40. The van der Waals surface area contributed by atoms with Crippen LogP contribution in [0.25, 0.3) is 0 Å². The Morgan fingerprint density at radius 3 is 2.60 bits per heavy atom. The van der Waals surface area contributed by atoms with E-state index in [9.17, 15) is 9.59 Å². The van der Waals surface area contributed by atoms with Crippen molar-refractivity contribution < 1.29 is 14.3 Å². The van der Waals surface area contributed by atoms with Gasteiger partial charge in [0.2, 0.25) is 11.8 Å². The fraction of sp³-hybridized carbons (Fsp3) is 0.867. The molecule has 2 rings (SSSR count). The second-order valence-electron chi connectivity index (χ2n) is 6.07. The Hall–Kier alpha value is -1.10. The summed E-state index contributed by atoms with van der Waals surface area (Å²) >= 11 is 0. The van der Waals surface area contributed by atoms with Crippen molar-refractivity contribution in [1.29, 1.82) is 0 Å². The molecular weight excluding hydrogens is 256 g/mol. The molecule has 5 heteroatoms. The van der Waals surface area contributed by atoms with E-state index in [1.807, 2.05) is 13.8 Å². The zero-order chi connectivity index (χ0) is 14.5. The summed E-state index contributed by atoms with van der Waals surface area (Å²) in [5.41, 5.74) is 0. The van der Waals surface area contributed by atoms with Crippen LogP contribution in [0.2, 0.25) is 0 Å². The van der Waals surface area contributed by atoms with E-state index in [1.165, 1.54) is 19.3 Å². The molecule has 1 heterocycles. The van der Waals surface area contributed by atoms with E-state index in [0.29, 0.717) is 19.1 Å². The molecule has 1 unspecified atom stereocenters. The van der Waals surface area contributed by atoms with Crippen molar-refractivity contribution in [2.75, 3.05) is 19.7 Å². The third-order valence-electron chi connectivity index (χ3n) is 4.22. The highest BCUT2D eigenvalue weighted by molar-refractivity contribution is 5.95. The molecule has 0 aromatic carbocycles. The quantitative estimate of drug-likeness (QED) is 0.827. The van der Waals surface area contributed by atoms with Crippen LogP contribution in [-0.2, 0) is 14.3 Å². The number of piperazine rings is 1. The molecule has 2 amide bonds. The first kappa shape index (κ1) is 15.3. The van der Waals surface area contributed by atoms with Gasteiger partial charge in [-0.15, -0.1) is 0 Å². The molecular formula is C15H26N2O3. The number of hydrogen-bond acceptors (Lipinski definition) is 3. The van der Waals surface area contributed by atoms with Crippen molar-refractivity contribution >= 4 is 11.8 Å². The molecule has 1 saturated carbocycles. The molecule has 2 fully saturated rings. The highest BCUT2D eigenvalue weighted by Crippen LogP contribution is 2.30. The van der Waals surface area contributed by atoms with E-state index in [4.69, 9.17) is 4.74 Å². The number of nitrogens with one attached hydrogen (secondary N) is 1. The fourth-order valence-corrected chi connectivity index (χ4v) is 3.23. The van der Waals surface area contributed by atoms with E-state index in [-0.39, 0.29) is 30.5 Å². The Labute approximate surface area is 121 Å². The Morgan fingerprint density at radius 1 is 1.25 bits per heavy atom. The minimum atomic E-state index is -0.285. The minimum Gasteiger partial charge on any atom is -0.377 e. The first-order chi connectivity index (χ1) is 9.59. The number of rotatable bonds is 5. The number of hydrogen-bond donors (Lipinski definition) is 1. The molecule has 0 aromatic heterocycles. The predicted octanol–water partition coefficient (Wildman–Crippen LogP) is 1.32. The molecule has 0 aromatic rings. The SMILES string of the molecule is CC(C)OCCN1C(=O)CNC(=O)C1C1CCCCC1. The lowest BCUT2D eigenvalue weighted by Gasteiger charge is -2.40. The Bertz CT molecular complexity index is 351. The van der Waals surface area contributed by atoms with E-state index in [1.54, 1.807) is 4.90 Å². The third kappa shape index (κ3) is 3.72. The minimum absolute atomic E-state index is 0.0149. The third-order valence-corrected chi connectivity index (χ3v) is 4.22. The van der Waals surface area contributed by atoms with Gasteiger partial charge in [0.25, 0.3) is 0 Å². The second kappa shape index (κ2) is 7.07. The van der Waals surface area contributed by atoms with Crippen LogP contribution < -0.4 is 5.32 Å². The van der Waals surface area contributed by atoms with Gasteiger partial charge >= 0.3 is 0 Å². The van der Waals surface area contributed by atoms with E-state index in [2.05, 4.69) is 5.32 Å². The number of carbonyl (C=O) groups excluding carboxylic acids is 2. The average molecular weight is 282 g/mol. The summed E-state index contributed by atoms with van der Waals surface area (Å²) in [6, 6.07) is -0.285. The van der Waals surface area contributed by atoms with Crippen LogP contribution in [0.15, 0.2) is 0 Å². The van der Waals surface area contributed by atoms with Crippen LogP contribution in [0, 0.1) is 5.92 Å². The van der Waals surface area contributed by atoms with Gasteiger partial charge in [0.1, 0.15) is 6.04 Å². The monoisotopic (exact) mass is 282 g/mol. The fourth-order valence-electron chi connectivity index (χ4n) is 3.23. The highest BCUT2D eigenvalue weighted by Gasteiger charge is 2.39. The van der Waals surface area contributed by atoms with Gasteiger partial charge < -0.3 is 15.0 Å². The molecule has 0 radical (unpaired) electrons. The van der Waals surface area contributed by atoms with Crippen LogP contribution in [0.1, 0.15) is 46.0 Å². The van der Waals surface area contributed by atoms with Crippen molar-refractivity contribution in [2.45, 2.75) is 58.1 Å². The van der Waals surface area contributed by atoms with Crippen LogP contribution in [0.5, 0.6) is 0 Å². The molecule has 1 N–H and O–H groups in total. The Balaban J connectivity index is 2.01. The molecule has 0 spiro atoms. The number of ether oxygens (including phenoxy) is 1. The van der Waals surface area contributed by atoms with E-state index >= 15 is 0 Å². The molecule has 5 nitrogen and oxygen atoms in total. The van der Waals surface area contributed by atoms with Crippen molar-refractivity contribution in [1.82, 2.24) is 10.2 Å². The van der Waals surface area contributed by atoms with Gasteiger partial charge in [0.05, 0.1) is 19.3 Å². The molecule has 1 aliphatic heterocycles. The summed E-state index contributed by atoms with van der Waals surface area (Å²) in [7, 11) is 0. The van der Waals surface area contributed by atoms with Crippen molar-refractivity contribution in [2.24, 2.45) is 5.92 Å². The zero-order valence-corrected chi connectivity index (χ0v) is 12.6. The lowest BCUT2D eigenvalue weighted by atomic mass is 9.82. The maximum absolute atomic E-state index is 12.2. The van der Waals surface area contributed by atoms with Crippen molar-refractivity contribution in [3.8, 4) is 0 Å². The highest BCUT2D eigenvalue weighted by atomic mass is 16.5. The average Bonchev–Trinajstić information content (AvgIpc) is 2.43. The lowest BCUT2D eigenvalue weighted by Crippen LogP contribution is -2.61. The van der Waals surface area contributed by atoms with Crippen LogP contribution in [-0.4, -0.2) is 48.6 Å². The first-order valence-electron chi connectivity index (χ1n) is 7.78. The molecule has 1 atom stereocenters. The number of amides is 2. The number of nitrogens with zero attached hydrogens (tertiary/aromatic N) is 1. The van der Waals surface area contributed by atoms with E-state index < -0.39 is 0 Å². The molecule has 0 bridgehead atoms. The maximum atomic E-state index is 12.2. The maximum Gasteiger partial charge on any atom is 0.243 e. The summed E-state index contributed by atoms with van der Waals surface area (Å²) in [5.74, 6) is 0.348. The smallest absolute Gasteiger partial charge is 0.243 e. The first-order valence-corrected chi connectivity index (χ1v) is 7.78. The van der Waals surface area contributed by atoms with Gasteiger partial charge in [0, 0.05) is 6.54 Å². The summed E-state index contributed by atoms with van der Waals surface area (Å²) < 4.78 is 5.54. The molecule has 2 aliphatic rings. The predicted molar refractivity (Wildman–Crippen MR) is 76.2 cm³/mol. The topological polar surface area (TPSA) is 58.6 Å². The molecule has 114 valence electrons. The van der Waals surface area contributed by atoms with Crippen LogP contribution >= 0.6 is 0 Å². The van der Waals surface area contributed by atoms with Gasteiger partial charge in [-0.1, -0.05) is 19.3 Å². The standard InChI is InChI=1S/C15H26N2O3/c1-11(2)20-9-8-17-13(18)10-16-15(19)14(17)12-6-4-3-5-7-12/h11-12,14H,3-10H2,1-2H3,(H,16,19). The summed E-state index contributed by atoms with van der Waals surface area (Å²) in [6.07, 6.45) is 5.82. The summed E-state index contributed by atoms with van der Waals surface area (Å²) in [4.78, 5) is 26.1. The molecule has 1 aliphatic carbocycles. The number of carbonyl (C=O) groups is 2. The second-order valence-corrected chi connectivity index (χ2v) is 6.07. The van der Waals surface area contributed by atoms with Crippen LogP contribution in [0.4, 0.5) is 0 Å². The lowest BCUT2D eigenvalue weighted by molar-refractivity contribution is -0.149. The van der Waals surface area contributed by atoms with Crippen molar-refractivity contribution in [3.63, 3.8) is 0 Å². The van der Waals surface area contributed by atoms with E-state index in [0.717, 1.165) is 12.8 Å². The van der Waals surface area contributed by atoms with Gasteiger partial charge in [-0.25, -0.2) is 0 Å². The van der Waals surface area contributed by atoms with Crippen LogP contribution in [0.3, 0.4) is 0 Å². The van der Waals surface area contributed by atoms with Gasteiger partial charge in [-0.2, -0.15) is 0 Å². The normalized spacial score (nSPS) is 25.1. The van der Waals surface area contributed by atoms with Gasteiger partial charge in [-0.05, 0) is 32.6 Å². The summed E-state index contributed by atoms with van der Waals surface area (Å²) in [6.45, 7) is 5.10. The van der Waals surface area contributed by atoms with Gasteiger partial charge in [0.15, 0.2) is 0 Å². The summed E-state index contributed by atoms with van der Waals surface area (Å²) in [5, 5.41) is 2.74. The van der Waals surface area contributed by atoms with Gasteiger partial charge in [-0.3, -0.25) is 9.59 Å². The molecule has 1 saturated heterocycles. The zero-order valence-electron chi connectivity index (χ0n) is 12.6.